The van der Waals surface area contributed by atoms with Gasteiger partial charge in [-0.25, -0.2) is 12.8 Å². The molecule has 0 aromatic heterocycles. The van der Waals surface area contributed by atoms with Gasteiger partial charge < -0.3 is 14.6 Å². The van der Waals surface area contributed by atoms with Crippen molar-refractivity contribution in [2.24, 2.45) is 5.92 Å². The SMILES string of the molecule is COCCOc1ccc(F)cc1S(=O)(=O)N1CCCC(C(=O)O)C1. The molecule has 1 heterocycles. The van der Waals surface area contributed by atoms with Crippen LogP contribution in [0.1, 0.15) is 12.8 Å². The van der Waals surface area contributed by atoms with Crippen molar-refractivity contribution in [3.63, 3.8) is 0 Å². The zero-order chi connectivity index (χ0) is 17.7. The molecule has 134 valence electrons. The highest BCUT2D eigenvalue weighted by Gasteiger charge is 2.35. The van der Waals surface area contributed by atoms with Crippen LogP contribution in [0, 0.1) is 11.7 Å². The lowest BCUT2D eigenvalue weighted by Crippen LogP contribution is -2.42. The maximum atomic E-state index is 13.6. The Kier molecular flexibility index (Phi) is 6.14. The lowest BCUT2D eigenvalue weighted by molar-refractivity contribution is -0.142. The van der Waals surface area contributed by atoms with Crippen LogP contribution in [0.15, 0.2) is 23.1 Å². The van der Waals surface area contributed by atoms with Crippen molar-refractivity contribution in [3.8, 4) is 5.75 Å². The second-order valence-corrected chi connectivity index (χ2v) is 7.38. The molecule has 9 heteroatoms. The number of halogens is 1. The van der Waals surface area contributed by atoms with E-state index in [4.69, 9.17) is 14.6 Å². The van der Waals surface area contributed by atoms with Gasteiger partial charge >= 0.3 is 5.97 Å². The van der Waals surface area contributed by atoms with Gasteiger partial charge in [0, 0.05) is 20.2 Å². The minimum absolute atomic E-state index is 0.0194. The van der Waals surface area contributed by atoms with E-state index in [-0.39, 0.29) is 36.9 Å². The fourth-order valence-electron chi connectivity index (χ4n) is 2.54. The number of aliphatic carboxylic acids is 1. The predicted molar refractivity (Wildman–Crippen MR) is 82.9 cm³/mol. The first-order valence-electron chi connectivity index (χ1n) is 7.50. The first kappa shape index (κ1) is 18.6. The first-order chi connectivity index (χ1) is 11.4. The number of nitrogens with zero attached hydrogens (tertiary/aromatic N) is 1. The molecule has 0 radical (unpaired) electrons. The standard InChI is InChI=1S/C15H20FNO6S/c1-22-7-8-23-13-5-4-12(16)9-14(13)24(20,21)17-6-2-3-11(10-17)15(18)19/h4-5,9,11H,2-3,6-8,10H2,1H3,(H,18,19). The average Bonchev–Trinajstić information content (AvgIpc) is 2.56. The highest BCUT2D eigenvalue weighted by atomic mass is 32.2. The van der Waals surface area contributed by atoms with E-state index in [1.165, 1.54) is 13.2 Å². The Bertz CT molecular complexity index is 693. The van der Waals surface area contributed by atoms with Gasteiger partial charge in [-0.15, -0.1) is 0 Å². The zero-order valence-corrected chi connectivity index (χ0v) is 14.1. The van der Waals surface area contributed by atoms with Crippen LogP contribution in [0.5, 0.6) is 5.75 Å². The number of carboxylic acids is 1. The minimum atomic E-state index is -4.05. The predicted octanol–water partition coefficient (Wildman–Crippen LogP) is 1.34. The van der Waals surface area contributed by atoms with E-state index in [2.05, 4.69) is 0 Å². The Morgan fingerprint density at radius 2 is 2.17 bits per heavy atom. The molecule has 24 heavy (non-hydrogen) atoms. The molecule has 0 bridgehead atoms. The van der Waals surface area contributed by atoms with Crippen molar-refractivity contribution in [2.75, 3.05) is 33.4 Å². The van der Waals surface area contributed by atoms with Gasteiger partial charge in [0.15, 0.2) is 0 Å². The number of methoxy groups -OCH3 is 1. The quantitative estimate of drug-likeness (QED) is 0.737. The maximum Gasteiger partial charge on any atom is 0.307 e. The van der Waals surface area contributed by atoms with E-state index < -0.39 is 27.7 Å². The molecule has 0 aliphatic carbocycles. The molecule has 1 aliphatic heterocycles. The summed E-state index contributed by atoms with van der Waals surface area (Å²) < 4.78 is 50.5. The van der Waals surface area contributed by atoms with Gasteiger partial charge in [-0.1, -0.05) is 0 Å². The molecule has 0 amide bonds. The molecular weight excluding hydrogens is 341 g/mol. The van der Waals surface area contributed by atoms with Crippen LogP contribution < -0.4 is 4.74 Å². The van der Waals surface area contributed by atoms with E-state index >= 15 is 0 Å². The first-order valence-corrected chi connectivity index (χ1v) is 8.94. The lowest BCUT2D eigenvalue weighted by atomic mass is 10.0. The smallest absolute Gasteiger partial charge is 0.307 e. The number of hydrogen-bond donors (Lipinski definition) is 1. The minimum Gasteiger partial charge on any atom is -0.490 e. The molecule has 1 atom stereocenters. The van der Waals surface area contributed by atoms with Gasteiger partial charge in [-0.3, -0.25) is 4.79 Å². The molecule has 1 aliphatic rings. The summed E-state index contributed by atoms with van der Waals surface area (Å²) in [6, 6.07) is 3.25. The fraction of sp³-hybridized carbons (Fsp3) is 0.533. The van der Waals surface area contributed by atoms with E-state index in [1.807, 2.05) is 0 Å². The van der Waals surface area contributed by atoms with E-state index in [9.17, 15) is 17.6 Å². The zero-order valence-electron chi connectivity index (χ0n) is 13.3. The summed E-state index contributed by atoms with van der Waals surface area (Å²) in [5.41, 5.74) is 0. The number of ether oxygens (including phenoxy) is 2. The van der Waals surface area contributed by atoms with Gasteiger partial charge in [0.1, 0.15) is 23.1 Å². The Labute approximate surface area is 140 Å². The summed E-state index contributed by atoms with van der Waals surface area (Å²) >= 11 is 0. The number of rotatable bonds is 7. The third-order valence-corrected chi connectivity index (χ3v) is 5.69. The Morgan fingerprint density at radius 3 is 2.83 bits per heavy atom. The summed E-state index contributed by atoms with van der Waals surface area (Å²) in [6.45, 7) is 0.426. The Morgan fingerprint density at radius 1 is 1.42 bits per heavy atom. The second-order valence-electron chi connectivity index (χ2n) is 5.47. The summed E-state index contributed by atoms with van der Waals surface area (Å²) in [5.74, 6) is -2.49. The number of carbonyl (C=O) groups is 1. The van der Waals surface area contributed by atoms with Crippen LogP contribution in [-0.2, 0) is 19.6 Å². The topological polar surface area (TPSA) is 93.1 Å². The van der Waals surface area contributed by atoms with Crippen LogP contribution in [0.2, 0.25) is 0 Å². The molecule has 1 saturated heterocycles. The molecule has 0 saturated carbocycles. The van der Waals surface area contributed by atoms with E-state index in [0.29, 0.717) is 12.8 Å². The van der Waals surface area contributed by atoms with Gasteiger partial charge in [0.05, 0.1) is 12.5 Å². The third kappa shape index (κ3) is 4.22. The van der Waals surface area contributed by atoms with Crippen LogP contribution >= 0.6 is 0 Å². The normalized spacial score (nSPS) is 19.2. The molecule has 1 aromatic rings. The van der Waals surface area contributed by atoms with Gasteiger partial charge in [0.2, 0.25) is 10.0 Å². The van der Waals surface area contributed by atoms with Crippen molar-refractivity contribution < 1.29 is 32.2 Å². The molecule has 7 nitrogen and oxygen atoms in total. The molecular formula is C15H20FNO6S. The lowest BCUT2D eigenvalue weighted by Gasteiger charge is -2.30. The van der Waals surface area contributed by atoms with Crippen molar-refractivity contribution in [2.45, 2.75) is 17.7 Å². The van der Waals surface area contributed by atoms with Crippen molar-refractivity contribution in [1.29, 1.82) is 0 Å². The highest BCUT2D eigenvalue weighted by Crippen LogP contribution is 2.30. The largest absolute Gasteiger partial charge is 0.490 e. The molecule has 1 unspecified atom stereocenters. The van der Waals surface area contributed by atoms with Crippen LogP contribution in [0.25, 0.3) is 0 Å². The molecule has 2 rings (SSSR count). The number of hydrogen-bond acceptors (Lipinski definition) is 5. The molecule has 1 N–H and O–H groups in total. The Balaban J connectivity index is 2.30. The third-order valence-electron chi connectivity index (χ3n) is 3.80. The average molecular weight is 361 g/mol. The summed E-state index contributed by atoms with van der Waals surface area (Å²) in [7, 11) is -2.58. The summed E-state index contributed by atoms with van der Waals surface area (Å²) in [5, 5.41) is 9.11. The fourth-order valence-corrected chi connectivity index (χ4v) is 4.21. The number of sulfonamides is 1. The van der Waals surface area contributed by atoms with Gasteiger partial charge in [-0.05, 0) is 31.0 Å². The maximum absolute atomic E-state index is 13.6. The number of benzene rings is 1. The van der Waals surface area contributed by atoms with Crippen molar-refractivity contribution >= 4 is 16.0 Å². The van der Waals surface area contributed by atoms with Crippen LogP contribution in [0.4, 0.5) is 4.39 Å². The second kappa shape index (κ2) is 7.91. The van der Waals surface area contributed by atoms with E-state index in [0.717, 1.165) is 16.4 Å². The number of piperidine rings is 1. The number of carboxylic acid groups (broad SMARTS) is 1. The van der Waals surface area contributed by atoms with Crippen molar-refractivity contribution in [1.82, 2.24) is 4.31 Å². The summed E-state index contributed by atoms with van der Waals surface area (Å²) in [6.07, 6.45) is 0.854. The van der Waals surface area contributed by atoms with Crippen molar-refractivity contribution in [3.05, 3.63) is 24.0 Å². The van der Waals surface area contributed by atoms with E-state index in [1.54, 1.807) is 0 Å². The molecule has 0 spiro atoms. The van der Waals surface area contributed by atoms with Crippen LogP contribution in [-0.4, -0.2) is 57.2 Å². The Hall–Kier alpha value is -1.71. The highest BCUT2D eigenvalue weighted by molar-refractivity contribution is 7.89. The van der Waals surface area contributed by atoms with Gasteiger partial charge in [0.25, 0.3) is 0 Å². The van der Waals surface area contributed by atoms with Gasteiger partial charge in [-0.2, -0.15) is 4.31 Å². The molecule has 1 fully saturated rings. The van der Waals surface area contributed by atoms with Crippen LogP contribution in [0.3, 0.4) is 0 Å². The monoisotopic (exact) mass is 361 g/mol. The summed E-state index contributed by atoms with van der Waals surface area (Å²) in [4.78, 5) is 10.8. The molecule has 1 aromatic carbocycles.